The molecule has 1 heterocycles. The third kappa shape index (κ3) is 3.95. The molecule has 0 aliphatic heterocycles. The minimum absolute atomic E-state index is 0.0352. The van der Waals surface area contributed by atoms with Crippen molar-refractivity contribution in [3.63, 3.8) is 0 Å². The highest BCUT2D eigenvalue weighted by molar-refractivity contribution is 5.94. The van der Waals surface area contributed by atoms with Crippen LogP contribution in [0.5, 0.6) is 0 Å². The summed E-state index contributed by atoms with van der Waals surface area (Å²) in [6.07, 6.45) is 3.92. The van der Waals surface area contributed by atoms with Gasteiger partial charge in [-0.3, -0.25) is 9.69 Å². The molecule has 4 heteroatoms. The van der Waals surface area contributed by atoms with Gasteiger partial charge in [-0.05, 0) is 49.7 Å². The second-order valence-electron chi connectivity index (χ2n) is 5.70. The van der Waals surface area contributed by atoms with Crippen LogP contribution in [0.1, 0.15) is 34.5 Å². The highest BCUT2D eigenvalue weighted by Crippen LogP contribution is 2.19. The third-order valence-electron chi connectivity index (χ3n) is 3.59. The number of carbonyl (C=O) groups excluding carboxylic acids is 1. The molecule has 1 amide bonds. The first-order valence-corrected chi connectivity index (χ1v) is 7.31. The molecule has 110 valence electrons. The van der Waals surface area contributed by atoms with Crippen molar-refractivity contribution in [3.8, 4) is 0 Å². The maximum Gasteiger partial charge on any atom is 0.251 e. The second-order valence-corrected chi connectivity index (χ2v) is 5.70. The molecule has 4 nitrogen and oxygen atoms in total. The molecule has 0 unspecified atom stereocenters. The van der Waals surface area contributed by atoms with Crippen LogP contribution in [-0.2, 0) is 13.1 Å². The minimum atomic E-state index is 0.0352. The molecule has 1 aromatic heterocycles. The predicted molar refractivity (Wildman–Crippen MR) is 80.8 cm³/mol. The largest absolute Gasteiger partial charge is 0.468 e. The Morgan fingerprint density at radius 1 is 1.24 bits per heavy atom. The summed E-state index contributed by atoms with van der Waals surface area (Å²) in [5.41, 5.74) is 1.92. The number of benzene rings is 1. The van der Waals surface area contributed by atoms with E-state index >= 15 is 0 Å². The van der Waals surface area contributed by atoms with Crippen molar-refractivity contribution in [1.82, 2.24) is 10.2 Å². The average molecular weight is 284 g/mol. The van der Waals surface area contributed by atoms with Crippen molar-refractivity contribution in [2.24, 2.45) is 0 Å². The fourth-order valence-electron chi connectivity index (χ4n) is 2.29. The van der Waals surface area contributed by atoms with Crippen molar-refractivity contribution in [2.75, 3.05) is 7.05 Å². The van der Waals surface area contributed by atoms with Crippen LogP contribution in [0.2, 0.25) is 0 Å². The van der Waals surface area contributed by atoms with E-state index in [-0.39, 0.29) is 5.91 Å². The highest BCUT2D eigenvalue weighted by atomic mass is 16.3. The SMILES string of the molecule is CN(Cc1ccc(C(=O)NC2CC2)cc1)Cc1ccco1. The number of rotatable bonds is 6. The second kappa shape index (κ2) is 6.14. The molecule has 21 heavy (non-hydrogen) atoms. The molecule has 1 aliphatic rings. The molecule has 0 spiro atoms. The topological polar surface area (TPSA) is 45.5 Å². The number of furan rings is 1. The summed E-state index contributed by atoms with van der Waals surface area (Å²) in [6.45, 7) is 1.60. The maximum absolute atomic E-state index is 11.9. The fraction of sp³-hybridized carbons (Fsp3) is 0.353. The monoisotopic (exact) mass is 284 g/mol. The predicted octanol–water partition coefficient (Wildman–Crippen LogP) is 2.80. The molecule has 3 rings (SSSR count). The zero-order valence-corrected chi connectivity index (χ0v) is 12.2. The van der Waals surface area contributed by atoms with Gasteiger partial charge in [-0.25, -0.2) is 0 Å². The summed E-state index contributed by atoms with van der Waals surface area (Å²) in [4.78, 5) is 14.1. The first-order chi connectivity index (χ1) is 10.2. The minimum Gasteiger partial charge on any atom is -0.468 e. The first kappa shape index (κ1) is 13.9. The molecule has 2 aromatic rings. The van der Waals surface area contributed by atoms with E-state index in [1.165, 1.54) is 5.56 Å². The number of nitrogens with zero attached hydrogens (tertiary/aromatic N) is 1. The van der Waals surface area contributed by atoms with E-state index in [1.54, 1.807) is 6.26 Å². The molecule has 1 saturated carbocycles. The Morgan fingerprint density at radius 2 is 2.00 bits per heavy atom. The number of hydrogen-bond donors (Lipinski definition) is 1. The molecular formula is C17H20N2O2. The van der Waals surface area contributed by atoms with E-state index in [0.717, 1.165) is 37.3 Å². The molecule has 1 aromatic carbocycles. The van der Waals surface area contributed by atoms with Gasteiger partial charge in [-0.1, -0.05) is 12.1 Å². The lowest BCUT2D eigenvalue weighted by Gasteiger charge is -2.15. The van der Waals surface area contributed by atoms with Gasteiger partial charge in [0.25, 0.3) is 5.91 Å². The third-order valence-corrected chi connectivity index (χ3v) is 3.59. The van der Waals surface area contributed by atoms with Gasteiger partial charge in [0, 0.05) is 18.2 Å². The summed E-state index contributed by atoms with van der Waals surface area (Å²) < 4.78 is 5.34. The highest BCUT2D eigenvalue weighted by Gasteiger charge is 2.23. The molecule has 0 atom stereocenters. The molecule has 1 fully saturated rings. The summed E-state index contributed by atoms with van der Waals surface area (Å²) >= 11 is 0. The Hall–Kier alpha value is -2.07. The van der Waals surface area contributed by atoms with Crippen molar-refractivity contribution < 1.29 is 9.21 Å². The lowest BCUT2D eigenvalue weighted by molar-refractivity contribution is 0.0951. The Morgan fingerprint density at radius 3 is 2.62 bits per heavy atom. The molecular weight excluding hydrogens is 264 g/mol. The van der Waals surface area contributed by atoms with Gasteiger partial charge < -0.3 is 9.73 Å². The first-order valence-electron chi connectivity index (χ1n) is 7.31. The van der Waals surface area contributed by atoms with Gasteiger partial charge in [-0.2, -0.15) is 0 Å². The van der Waals surface area contributed by atoms with Crippen LogP contribution >= 0.6 is 0 Å². The average Bonchev–Trinajstić information content (AvgIpc) is 3.13. The van der Waals surface area contributed by atoms with E-state index in [0.29, 0.717) is 6.04 Å². The van der Waals surface area contributed by atoms with Crippen molar-refractivity contribution in [3.05, 3.63) is 59.5 Å². The Bertz CT molecular complexity index is 586. The van der Waals surface area contributed by atoms with E-state index in [4.69, 9.17) is 4.42 Å². The maximum atomic E-state index is 11.9. The van der Waals surface area contributed by atoms with Crippen molar-refractivity contribution >= 4 is 5.91 Å². The van der Waals surface area contributed by atoms with Crippen LogP contribution in [0.3, 0.4) is 0 Å². The normalized spacial score (nSPS) is 14.4. The lowest BCUT2D eigenvalue weighted by atomic mass is 10.1. The van der Waals surface area contributed by atoms with Gasteiger partial charge in [0.15, 0.2) is 0 Å². The van der Waals surface area contributed by atoms with Crippen LogP contribution in [0.15, 0.2) is 47.1 Å². The van der Waals surface area contributed by atoms with Crippen LogP contribution in [0.4, 0.5) is 0 Å². The van der Waals surface area contributed by atoms with Gasteiger partial charge >= 0.3 is 0 Å². The summed E-state index contributed by atoms with van der Waals surface area (Å²) in [6, 6.07) is 12.1. The van der Waals surface area contributed by atoms with Crippen molar-refractivity contribution in [1.29, 1.82) is 0 Å². The number of hydrogen-bond acceptors (Lipinski definition) is 3. The molecule has 1 aliphatic carbocycles. The molecule has 0 bridgehead atoms. The van der Waals surface area contributed by atoms with Crippen LogP contribution < -0.4 is 5.32 Å². The Kier molecular flexibility index (Phi) is 4.06. The molecule has 0 radical (unpaired) electrons. The molecule has 0 saturated heterocycles. The van der Waals surface area contributed by atoms with E-state index in [2.05, 4.69) is 17.3 Å². The quantitative estimate of drug-likeness (QED) is 0.887. The van der Waals surface area contributed by atoms with E-state index in [1.807, 2.05) is 36.4 Å². The lowest BCUT2D eigenvalue weighted by Crippen LogP contribution is -2.25. The van der Waals surface area contributed by atoms with Gasteiger partial charge in [-0.15, -0.1) is 0 Å². The van der Waals surface area contributed by atoms with Gasteiger partial charge in [0.05, 0.1) is 12.8 Å². The summed E-state index contributed by atoms with van der Waals surface area (Å²) in [5.74, 6) is 0.992. The fourth-order valence-corrected chi connectivity index (χ4v) is 2.29. The van der Waals surface area contributed by atoms with Crippen LogP contribution in [0, 0.1) is 0 Å². The smallest absolute Gasteiger partial charge is 0.251 e. The zero-order valence-electron chi connectivity index (χ0n) is 12.2. The number of amides is 1. The zero-order chi connectivity index (χ0) is 14.7. The van der Waals surface area contributed by atoms with E-state index in [9.17, 15) is 4.79 Å². The standard InChI is InChI=1S/C17H20N2O2/c1-19(12-16-3-2-10-21-16)11-13-4-6-14(7-5-13)17(20)18-15-8-9-15/h2-7,10,15H,8-9,11-12H2,1H3,(H,18,20). The summed E-state index contributed by atoms with van der Waals surface area (Å²) in [5, 5.41) is 3.00. The van der Waals surface area contributed by atoms with Gasteiger partial charge in [0.2, 0.25) is 0 Å². The van der Waals surface area contributed by atoms with Crippen molar-refractivity contribution in [2.45, 2.75) is 32.0 Å². The summed E-state index contributed by atoms with van der Waals surface area (Å²) in [7, 11) is 2.05. The van der Waals surface area contributed by atoms with Gasteiger partial charge in [0.1, 0.15) is 5.76 Å². The van der Waals surface area contributed by atoms with E-state index < -0.39 is 0 Å². The van der Waals surface area contributed by atoms with Crippen LogP contribution in [-0.4, -0.2) is 23.9 Å². The molecule has 1 N–H and O–H groups in total. The Balaban J connectivity index is 1.54. The Labute approximate surface area is 124 Å². The van der Waals surface area contributed by atoms with Crippen LogP contribution in [0.25, 0.3) is 0 Å². The number of carbonyl (C=O) groups is 1. The number of nitrogens with one attached hydrogen (secondary N) is 1.